The molecule has 2 aromatic carbocycles. The predicted octanol–water partition coefficient (Wildman–Crippen LogP) is 6.11. The fraction of sp³-hybridized carbons (Fsp3) is 0.174. The summed E-state index contributed by atoms with van der Waals surface area (Å²) in [6.07, 6.45) is 1.10. The van der Waals surface area contributed by atoms with Crippen LogP contribution in [0.15, 0.2) is 42.5 Å². The van der Waals surface area contributed by atoms with E-state index in [1.807, 2.05) is 6.07 Å². The summed E-state index contributed by atoms with van der Waals surface area (Å²) in [5.41, 5.74) is 2.33. The first-order valence-corrected chi connectivity index (χ1v) is 10.7. The lowest BCUT2D eigenvalue weighted by Gasteiger charge is -2.07. The number of halogens is 1. The van der Waals surface area contributed by atoms with Crippen LogP contribution in [0.4, 0.5) is 9.80 Å². The average molecular weight is 470 g/mol. The second-order valence-corrected chi connectivity index (χ2v) is 7.77. The van der Waals surface area contributed by atoms with Crippen LogP contribution in [0, 0.1) is 11.3 Å². The summed E-state index contributed by atoms with van der Waals surface area (Å²) < 4.78 is 15.6. The molecule has 9 heteroatoms. The number of allylic oxidation sites excluding steroid dienone is 1. The van der Waals surface area contributed by atoms with Crippen LogP contribution in [0.2, 0.25) is 5.02 Å². The maximum absolute atomic E-state index is 12.0. The Morgan fingerprint density at radius 3 is 2.53 bits per heavy atom. The number of nitriles is 1. The molecule has 3 rings (SSSR count). The number of aromatic nitrogens is 1. The van der Waals surface area contributed by atoms with Crippen molar-refractivity contribution in [3.63, 3.8) is 0 Å². The van der Waals surface area contributed by atoms with Crippen LogP contribution in [0.1, 0.15) is 17.5 Å². The van der Waals surface area contributed by atoms with Gasteiger partial charge in [-0.25, -0.2) is 9.78 Å². The van der Waals surface area contributed by atoms with Crippen molar-refractivity contribution in [3.8, 4) is 28.8 Å². The molecule has 1 amide bonds. The van der Waals surface area contributed by atoms with E-state index in [4.69, 9.17) is 25.8 Å². The zero-order chi connectivity index (χ0) is 23.1. The molecule has 0 aliphatic heterocycles. The van der Waals surface area contributed by atoms with Gasteiger partial charge in [0.1, 0.15) is 21.8 Å². The molecule has 0 fully saturated rings. The number of rotatable bonds is 7. The van der Waals surface area contributed by atoms with Crippen molar-refractivity contribution in [2.45, 2.75) is 6.92 Å². The van der Waals surface area contributed by atoms with Crippen LogP contribution < -0.4 is 14.8 Å². The van der Waals surface area contributed by atoms with Crippen molar-refractivity contribution < 1.29 is 19.0 Å². The number of methoxy groups -OCH3 is 2. The van der Waals surface area contributed by atoms with E-state index >= 15 is 0 Å². The van der Waals surface area contributed by atoms with Crippen LogP contribution in [0.5, 0.6) is 11.5 Å². The van der Waals surface area contributed by atoms with Crippen molar-refractivity contribution in [3.05, 3.63) is 58.1 Å². The molecule has 0 radical (unpaired) electrons. The number of nitrogens with one attached hydrogen (secondary N) is 1. The van der Waals surface area contributed by atoms with Gasteiger partial charge in [-0.05, 0) is 42.8 Å². The van der Waals surface area contributed by atoms with Crippen LogP contribution in [0.3, 0.4) is 0 Å². The smallest absolute Gasteiger partial charge is 0.412 e. The molecule has 164 valence electrons. The summed E-state index contributed by atoms with van der Waals surface area (Å²) in [6.45, 7) is 1.95. The number of hydrogen-bond donors (Lipinski definition) is 1. The highest BCUT2D eigenvalue weighted by molar-refractivity contribution is 7.17. The van der Waals surface area contributed by atoms with Gasteiger partial charge in [-0.15, -0.1) is 0 Å². The van der Waals surface area contributed by atoms with Gasteiger partial charge in [-0.2, -0.15) is 5.26 Å². The molecular weight excluding hydrogens is 450 g/mol. The quantitative estimate of drug-likeness (QED) is 0.419. The molecule has 32 heavy (non-hydrogen) atoms. The Morgan fingerprint density at radius 1 is 1.19 bits per heavy atom. The number of amides is 1. The van der Waals surface area contributed by atoms with Gasteiger partial charge in [0, 0.05) is 10.6 Å². The summed E-state index contributed by atoms with van der Waals surface area (Å²) in [5, 5.41) is 14.0. The number of carbonyl (C=O) groups is 1. The third kappa shape index (κ3) is 5.38. The number of anilines is 1. The van der Waals surface area contributed by atoms with E-state index in [9.17, 15) is 10.1 Å². The van der Waals surface area contributed by atoms with E-state index in [2.05, 4.69) is 16.4 Å². The van der Waals surface area contributed by atoms with Crippen molar-refractivity contribution in [2.24, 2.45) is 0 Å². The molecule has 0 unspecified atom stereocenters. The number of ether oxygens (including phenoxy) is 3. The maximum Gasteiger partial charge on any atom is 0.412 e. The third-order valence-corrected chi connectivity index (χ3v) is 5.56. The van der Waals surface area contributed by atoms with Crippen LogP contribution >= 0.6 is 22.9 Å². The summed E-state index contributed by atoms with van der Waals surface area (Å²) in [4.78, 5) is 16.7. The molecule has 0 atom stereocenters. The van der Waals surface area contributed by atoms with Gasteiger partial charge in [0.25, 0.3) is 0 Å². The summed E-state index contributed by atoms with van der Waals surface area (Å²) in [5.74, 6) is 1.13. The highest BCUT2D eigenvalue weighted by atomic mass is 35.5. The van der Waals surface area contributed by atoms with E-state index in [-0.39, 0.29) is 6.61 Å². The van der Waals surface area contributed by atoms with E-state index in [0.717, 1.165) is 11.1 Å². The minimum atomic E-state index is -0.597. The van der Waals surface area contributed by atoms with Gasteiger partial charge in [0.2, 0.25) is 0 Å². The normalized spacial score (nSPS) is 10.9. The number of thiazole rings is 1. The Hall–Kier alpha value is -3.54. The maximum atomic E-state index is 12.0. The number of hydrogen-bond acceptors (Lipinski definition) is 7. The Balaban J connectivity index is 2.05. The zero-order valence-corrected chi connectivity index (χ0v) is 19.2. The first-order valence-electron chi connectivity index (χ1n) is 9.53. The number of carbonyl (C=O) groups excluding carboxylic acids is 1. The highest BCUT2D eigenvalue weighted by Gasteiger charge is 2.18. The monoisotopic (exact) mass is 469 g/mol. The SMILES string of the molecule is CCOC(=O)Nc1sc(C(C#N)=Cc2ccc(OC)c(OC)c2)nc1-c1ccc(Cl)cc1. The van der Waals surface area contributed by atoms with Crippen molar-refractivity contribution in [1.29, 1.82) is 5.26 Å². The minimum absolute atomic E-state index is 0.233. The molecule has 0 bridgehead atoms. The van der Waals surface area contributed by atoms with E-state index in [1.165, 1.54) is 11.3 Å². The molecule has 1 heterocycles. The lowest BCUT2D eigenvalue weighted by atomic mass is 10.1. The number of nitrogens with zero attached hydrogens (tertiary/aromatic N) is 2. The van der Waals surface area contributed by atoms with Crippen molar-refractivity contribution in [2.75, 3.05) is 26.1 Å². The first kappa shape index (κ1) is 23.1. The fourth-order valence-electron chi connectivity index (χ4n) is 2.83. The lowest BCUT2D eigenvalue weighted by molar-refractivity contribution is 0.168. The molecule has 0 aliphatic rings. The predicted molar refractivity (Wildman–Crippen MR) is 126 cm³/mol. The average Bonchev–Trinajstić information content (AvgIpc) is 3.21. The lowest BCUT2D eigenvalue weighted by Crippen LogP contribution is -2.12. The molecular formula is C23H20ClN3O4S. The molecule has 1 aromatic heterocycles. The second kappa shape index (κ2) is 10.7. The molecule has 0 spiro atoms. The Bertz CT molecular complexity index is 1180. The summed E-state index contributed by atoms with van der Waals surface area (Å²) in [7, 11) is 3.10. The highest BCUT2D eigenvalue weighted by Crippen LogP contribution is 2.37. The van der Waals surface area contributed by atoms with Crippen molar-refractivity contribution >= 4 is 45.7 Å². The van der Waals surface area contributed by atoms with Gasteiger partial charge in [0.05, 0.1) is 26.4 Å². The summed E-state index contributed by atoms with van der Waals surface area (Å²) >= 11 is 7.18. The zero-order valence-electron chi connectivity index (χ0n) is 17.6. The molecule has 0 saturated carbocycles. The third-order valence-electron chi connectivity index (χ3n) is 4.31. The molecule has 0 saturated heterocycles. The Kier molecular flexibility index (Phi) is 7.71. The molecule has 0 aliphatic carbocycles. The topological polar surface area (TPSA) is 93.5 Å². The van der Waals surface area contributed by atoms with Gasteiger partial charge < -0.3 is 14.2 Å². The Morgan fingerprint density at radius 2 is 1.91 bits per heavy atom. The van der Waals surface area contributed by atoms with Gasteiger partial charge in [-0.1, -0.05) is 41.1 Å². The molecule has 7 nitrogen and oxygen atoms in total. The van der Waals surface area contributed by atoms with Crippen LogP contribution in [-0.2, 0) is 4.74 Å². The van der Waals surface area contributed by atoms with Crippen LogP contribution in [0.25, 0.3) is 22.9 Å². The van der Waals surface area contributed by atoms with Crippen molar-refractivity contribution in [1.82, 2.24) is 4.98 Å². The molecule has 1 N–H and O–H groups in total. The number of benzene rings is 2. The minimum Gasteiger partial charge on any atom is -0.493 e. The Labute approximate surface area is 194 Å². The van der Waals surface area contributed by atoms with Gasteiger partial charge >= 0.3 is 6.09 Å². The molecule has 3 aromatic rings. The standard InChI is InChI=1S/C23H20ClN3O4S/c1-4-31-23(28)27-22-20(15-6-8-17(24)9-7-15)26-21(32-22)16(13-25)11-14-5-10-18(29-2)19(12-14)30-3/h5-12H,4H2,1-3H3,(H,27,28). The van der Waals surface area contributed by atoms with Gasteiger partial charge in [-0.3, -0.25) is 5.32 Å². The van der Waals surface area contributed by atoms with E-state index in [1.54, 1.807) is 63.6 Å². The van der Waals surface area contributed by atoms with E-state index < -0.39 is 6.09 Å². The second-order valence-electron chi connectivity index (χ2n) is 6.33. The first-order chi connectivity index (χ1) is 15.5. The summed E-state index contributed by atoms with van der Waals surface area (Å²) in [6, 6.07) is 14.6. The fourth-order valence-corrected chi connectivity index (χ4v) is 3.90. The largest absolute Gasteiger partial charge is 0.493 e. The van der Waals surface area contributed by atoms with E-state index in [0.29, 0.717) is 37.8 Å². The van der Waals surface area contributed by atoms with Crippen LogP contribution in [-0.4, -0.2) is 31.9 Å². The van der Waals surface area contributed by atoms with Gasteiger partial charge in [0.15, 0.2) is 11.5 Å².